The van der Waals surface area contributed by atoms with Crippen molar-refractivity contribution in [3.63, 3.8) is 0 Å². The van der Waals surface area contributed by atoms with Gasteiger partial charge in [0.25, 0.3) is 0 Å². The predicted octanol–water partition coefficient (Wildman–Crippen LogP) is 5.18. The summed E-state index contributed by atoms with van der Waals surface area (Å²) in [5, 5.41) is 4.52. The molecule has 1 saturated heterocycles. The van der Waals surface area contributed by atoms with Crippen LogP contribution in [0, 0.1) is 0 Å². The van der Waals surface area contributed by atoms with Crippen molar-refractivity contribution in [2.45, 2.75) is 75.4 Å². The smallest absolute Gasteiger partial charge is 0.240 e. The van der Waals surface area contributed by atoms with Crippen molar-refractivity contribution in [3.8, 4) is 0 Å². The van der Waals surface area contributed by atoms with Crippen LogP contribution in [0.2, 0.25) is 5.02 Å². The molecular formula is C29H38ClN3O. The molecule has 0 radical (unpaired) electrons. The Balaban J connectivity index is 1.31. The van der Waals surface area contributed by atoms with Crippen molar-refractivity contribution >= 4 is 17.5 Å². The Bertz CT molecular complexity index is 977. The second-order valence-electron chi connectivity index (χ2n) is 10.6. The third kappa shape index (κ3) is 4.91. The van der Waals surface area contributed by atoms with Crippen LogP contribution < -0.4 is 5.32 Å². The van der Waals surface area contributed by atoms with E-state index in [0.717, 1.165) is 50.3 Å². The number of amides is 1. The van der Waals surface area contributed by atoms with Gasteiger partial charge >= 0.3 is 0 Å². The second-order valence-corrected chi connectivity index (χ2v) is 11.0. The summed E-state index contributed by atoms with van der Waals surface area (Å²) in [6.45, 7) is 2.73. The van der Waals surface area contributed by atoms with Crippen molar-refractivity contribution in [1.29, 1.82) is 0 Å². The molecule has 0 bridgehead atoms. The van der Waals surface area contributed by atoms with Gasteiger partial charge in [0.05, 0.1) is 6.04 Å². The number of carbonyl (C=O) groups excluding carboxylic acids is 1. The van der Waals surface area contributed by atoms with E-state index in [9.17, 15) is 4.79 Å². The maximum absolute atomic E-state index is 13.9. The van der Waals surface area contributed by atoms with Crippen LogP contribution in [0.1, 0.15) is 61.6 Å². The third-order valence-electron chi connectivity index (χ3n) is 8.56. The number of nitrogens with zero attached hydrogens (tertiary/aromatic N) is 2. The number of fused-ring (bicyclic) bond motifs is 2. The van der Waals surface area contributed by atoms with Crippen LogP contribution in [0.15, 0.2) is 48.5 Å². The maximum Gasteiger partial charge on any atom is 0.240 e. The zero-order chi connectivity index (χ0) is 23.5. The van der Waals surface area contributed by atoms with Gasteiger partial charge < -0.3 is 10.2 Å². The van der Waals surface area contributed by atoms with E-state index in [1.807, 2.05) is 12.1 Å². The van der Waals surface area contributed by atoms with Gasteiger partial charge in [0.1, 0.15) is 0 Å². The lowest BCUT2D eigenvalue weighted by atomic mass is 9.74. The first-order valence-corrected chi connectivity index (χ1v) is 13.5. The van der Waals surface area contributed by atoms with Crippen LogP contribution in [0.25, 0.3) is 0 Å². The molecule has 2 aromatic rings. The van der Waals surface area contributed by atoms with Crippen LogP contribution in [0.4, 0.5) is 0 Å². The molecule has 1 amide bonds. The van der Waals surface area contributed by atoms with Gasteiger partial charge in [0.15, 0.2) is 0 Å². The van der Waals surface area contributed by atoms with Crippen molar-refractivity contribution in [3.05, 3.63) is 70.2 Å². The third-order valence-corrected chi connectivity index (χ3v) is 8.81. The number of halogens is 1. The number of hydrogen-bond acceptors (Lipinski definition) is 3. The molecule has 1 aliphatic carbocycles. The molecule has 34 heavy (non-hydrogen) atoms. The van der Waals surface area contributed by atoms with Gasteiger partial charge in [-0.05, 0) is 74.4 Å². The van der Waals surface area contributed by atoms with E-state index >= 15 is 0 Å². The summed E-state index contributed by atoms with van der Waals surface area (Å²) in [7, 11) is 2.27. The number of likely N-dealkylation sites (tertiary alicyclic amines) is 1. The Morgan fingerprint density at radius 2 is 1.74 bits per heavy atom. The van der Waals surface area contributed by atoms with Gasteiger partial charge in [-0.2, -0.15) is 0 Å². The number of rotatable bonds is 5. The Morgan fingerprint density at radius 1 is 1.03 bits per heavy atom. The molecule has 2 heterocycles. The standard InChI is InChI=1S/C29H38ClN3O/c1-32-18-15-23-7-5-6-10-26(23)29(32)16-19-33(20-17-29)28(34)27(31-25-8-3-2-4-9-25)21-22-11-13-24(30)14-12-22/h5-7,10-14,25,27,31H,2-4,8-9,15-21H2,1H3/t27-/m1/s1. The largest absolute Gasteiger partial charge is 0.341 e. The first-order chi connectivity index (χ1) is 16.5. The van der Waals surface area contributed by atoms with E-state index in [4.69, 9.17) is 11.6 Å². The summed E-state index contributed by atoms with van der Waals surface area (Å²) in [6.07, 6.45) is 10.0. The van der Waals surface area contributed by atoms with Gasteiger partial charge in [0.2, 0.25) is 5.91 Å². The molecule has 2 fully saturated rings. The van der Waals surface area contributed by atoms with Gasteiger partial charge in [-0.25, -0.2) is 0 Å². The molecule has 3 aliphatic rings. The first-order valence-electron chi connectivity index (χ1n) is 13.1. The zero-order valence-corrected chi connectivity index (χ0v) is 21.2. The predicted molar refractivity (Wildman–Crippen MR) is 139 cm³/mol. The lowest BCUT2D eigenvalue weighted by Crippen LogP contribution is -2.58. The Hall–Kier alpha value is -1.88. The van der Waals surface area contributed by atoms with Crippen LogP contribution >= 0.6 is 11.6 Å². The van der Waals surface area contributed by atoms with Gasteiger partial charge in [0, 0.05) is 36.2 Å². The molecule has 182 valence electrons. The second kappa shape index (κ2) is 10.4. The summed E-state index contributed by atoms with van der Waals surface area (Å²) in [5.74, 6) is 0.266. The fourth-order valence-corrected chi connectivity index (χ4v) is 6.62. The highest BCUT2D eigenvalue weighted by Gasteiger charge is 2.44. The topological polar surface area (TPSA) is 35.6 Å². The summed E-state index contributed by atoms with van der Waals surface area (Å²) in [4.78, 5) is 18.5. The minimum absolute atomic E-state index is 0.0636. The minimum atomic E-state index is -0.172. The highest BCUT2D eigenvalue weighted by Crippen LogP contribution is 2.42. The van der Waals surface area contributed by atoms with Gasteiger partial charge in [-0.1, -0.05) is 67.3 Å². The van der Waals surface area contributed by atoms with Gasteiger partial charge in [-0.15, -0.1) is 0 Å². The van der Waals surface area contributed by atoms with Crippen LogP contribution in [0.5, 0.6) is 0 Å². The maximum atomic E-state index is 13.9. The van der Waals surface area contributed by atoms with Crippen LogP contribution in [-0.4, -0.2) is 54.5 Å². The normalized spacial score (nSPS) is 21.9. The van der Waals surface area contributed by atoms with E-state index in [2.05, 4.69) is 58.6 Å². The minimum Gasteiger partial charge on any atom is -0.341 e. The van der Waals surface area contributed by atoms with Crippen molar-refractivity contribution in [2.24, 2.45) is 0 Å². The van der Waals surface area contributed by atoms with E-state index < -0.39 is 0 Å². The average molecular weight is 480 g/mol. The highest BCUT2D eigenvalue weighted by molar-refractivity contribution is 6.30. The molecule has 5 rings (SSSR count). The van der Waals surface area contributed by atoms with E-state index in [-0.39, 0.29) is 17.5 Å². The first kappa shape index (κ1) is 23.8. The number of piperidine rings is 1. The molecule has 4 nitrogen and oxygen atoms in total. The summed E-state index contributed by atoms with van der Waals surface area (Å²) < 4.78 is 0. The summed E-state index contributed by atoms with van der Waals surface area (Å²) in [5.41, 5.74) is 4.20. The highest BCUT2D eigenvalue weighted by atomic mass is 35.5. The molecule has 1 N–H and O–H groups in total. The lowest BCUT2D eigenvalue weighted by Gasteiger charge is -2.51. The summed E-state index contributed by atoms with van der Waals surface area (Å²) >= 11 is 6.11. The van der Waals surface area contributed by atoms with Crippen LogP contribution in [-0.2, 0) is 23.2 Å². The van der Waals surface area contributed by atoms with Crippen molar-refractivity contribution in [2.75, 3.05) is 26.7 Å². The number of hydrogen-bond donors (Lipinski definition) is 1. The Kier molecular flexibility index (Phi) is 7.29. The summed E-state index contributed by atoms with van der Waals surface area (Å²) in [6, 6.07) is 17.2. The lowest BCUT2D eigenvalue weighted by molar-refractivity contribution is -0.136. The Morgan fingerprint density at radius 3 is 2.47 bits per heavy atom. The molecule has 0 aromatic heterocycles. The quantitative estimate of drug-likeness (QED) is 0.641. The number of nitrogens with one attached hydrogen (secondary N) is 1. The average Bonchev–Trinajstić information content (AvgIpc) is 2.88. The Labute approximate surface area is 209 Å². The monoisotopic (exact) mass is 479 g/mol. The molecule has 2 aliphatic heterocycles. The van der Waals surface area contributed by atoms with Crippen molar-refractivity contribution < 1.29 is 4.79 Å². The van der Waals surface area contributed by atoms with E-state index in [1.54, 1.807) is 0 Å². The number of carbonyl (C=O) groups is 1. The number of benzene rings is 2. The SMILES string of the molecule is CN1CCc2ccccc2C12CCN(C(=O)[C@@H](Cc1ccc(Cl)cc1)NC1CCCCC1)CC2. The molecule has 0 unspecified atom stereocenters. The zero-order valence-electron chi connectivity index (χ0n) is 20.4. The molecule has 2 aromatic carbocycles. The molecular weight excluding hydrogens is 442 g/mol. The molecule has 1 spiro atoms. The van der Waals surface area contributed by atoms with Gasteiger partial charge in [-0.3, -0.25) is 9.69 Å². The fraction of sp³-hybridized carbons (Fsp3) is 0.552. The van der Waals surface area contributed by atoms with E-state index in [1.165, 1.54) is 48.8 Å². The van der Waals surface area contributed by atoms with Crippen molar-refractivity contribution in [1.82, 2.24) is 15.1 Å². The molecule has 1 atom stereocenters. The van der Waals surface area contributed by atoms with E-state index in [0.29, 0.717) is 6.04 Å². The molecule has 5 heteroatoms. The fourth-order valence-electron chi connectivity index (χ4n) is 6.50. The van der Waals surface area contributed by atoms with Crippen LogP contribution in [0.3, 0.4) is 0 Å². The molecule has 1 saturated carbocycles. The number of likely N-dealkylation sites (N-methyl/N-ethyl adjacent to an activating group) is 1.